The van der Waals surface area contributed by atoms with Crippen LogP contribution in [0.1, 0.15) is 54.4 Å². The molecule has 0 amide bonds. The molecule has 124 valence electrons. The van der Waals surface area contributed by atoms with E-state index < -0.39 is 0 Å². The van der Waals surface area contributed by atoms with Gasteiger partial charge in [0, 0.05) is 25.2 Å². The van der Waals surface area contributed by atoms with Crippen LogP contribution in [-0.4, -0.2) is 48.7 Å². The lowest BCUT2D eigenvalue weighted by molar-refractivity contribution is -0.146. The van der Waals surface area contributed by atoms with Gasteiger partial charge in [-0.15, -0.1) is 0 Å². The third-order valence-corrected chi connectivity index (χ3v) is 4.53. The maximum Gasteiger partial charge on any atom is 0.323 e. The van der Waals surface area contributed by atoms with E-state index in [1.165, 1.54) is 6.42 Å². The van der Waals surface area contributed by atoms with Crippen LogP contribution in [0, 0.1) is 11.8 Å². The molecule has 1 N–H and O–H groups in total. The Morgan fingerprint density at radius 2 is 2.00 bits per heavy atom. The van der Waals surface area contributed by atoms with Crippen LogP contribution in [0.2, 0.25) is 0 Å². The van der Waals surface area contributed by atoms with Gasteiger partial charge < -0.3 is 15.0 Å². The van der Waals surface area contributed by atoms with Gasteiger partial charge in [-0.3, -0.25) is 4.79 Å². The van der Waals surface area contributed by atoms with Gasteiger partial charge in [-0.05, 0) is 38.5 Å². The lowest BCUT2D eigenvalue weighted by atomic mass is 9.86. The van der Waals surface area contributed by atoms with E-state index in [4.69, 9.17) is 4.74 Å². The van der Waals surface area contributed by atoms with E-state index in [0.717, 1.165) is 31.3 Å². The SMILES string of the molecule is CCOC(=O)C(CCN1CC(C)CC(C)C1C)NC(C)C. The van der Waals surface area contributed by atoms with Crippen LogP contribution in [0.5, 0.6) is 0 Å². The molecule has 1 heterocycles. The monoisotopic (exact) mass is 298 g/mol. The number of nitrogens with one attached hydrogen (secondary N) is 1. The number of carbonyl (C=O) groups excluding carboxylic acids is 1. The van der Waals surface area contributed by atoms with E-state index in [-0.39, 0.29) is 18.1 Å². The number of hydrogen-bond donors (Lipinski definition) is 1. The Morgan fingerprint density at radius 3 is 2.57 bits per heavy atom. The van der Waals surface area contributed by atoms with Crippen LogP contribution in [-0.2, 0) is 9.53 Å². The zero-order chi connectivity index (χ0) is 16.0. The van der Waals surface area contributed by atoms with Crippen LogP contribution in [0.3, 0.4) is 0 Å². The first kappa shape index (κ1) is 18.4. The van der Waals surface area contributed by atoms with Crippen LogP contribution in [0.15, 0.2) is 0 Å². The van der Waals surface area contributed by atoms with Gasteiger partial charge in [0.15, 0.2) is 0 Å². The number of rotatable bonds is 7. The molecule has 21 heavy (non-hydrogen) atoms. The quantitative estimate of drug-likeness (QED) is 0.734. The molecule has 1 saturated heterocycles. The van der Waals surface area contributed by atoms with Crippen molar-refractivity contribution in [3.8, 4) is 0 Å². The van der Waals surface area contributed by atoms with Gasteiger partial charge in [-0.25, -0.2) is 0 Å². The third-order valence-electron chi connectivity index (χ3n) is 4.53. The first-order valence-corrected chi connectivity index (χ1v) is 8.51. The largest absolute Gasteiger partial charge is 0.465 e. The Labute approximate surface area is 130 Å². The minimum Gasteiger partial charge on any atom is -0.465 e. The van der Waals surface area contributed by atoms with Crippen LogP contribution in [0.4, 0.5) is 0 Å². The van der Waals surface area contributed by atoms with Crippen LogP contribution >= 0.6 is 0 Å². The van der Waals surface area contributed by atoms with Crippen molar-refractivity contribution in [3.63, 3.8) is 0 Å². The first-order valence-electron chi connectivity index (χ1n) is 8.51. The standard InChI is InChI=1S/C17H34N2O2/c1-7-21-17(20)16(18-12(2)3)8-9-19-11-13(4)10-14(5)15(19)6/h12-16,18H,7-11H2,1-6H3. The highest BCUT2D eigenvalue weighted by molar-refractivity contribution is 5.75. The Kier molecular flexibility index (Phi) is 7.67. The summed E-state index contributed by atoms with van der Waals surface area (Å²) in [5, 5.41) is 3.34. The number of carbonyl (C=O) groups is 1. The topological polar surface area (TPSA) is 41.6 Å². The van der Waals surface area contributed by atoms with Gasteiger partial charge in [0.05, 0.1) is 6.61 Å². The lowest BCUT2D eigenvalue weighted by Crippen LogP contribution is -2.49. The molecule has 4 nitrogen and oxygen atoms in total. The van der Waals surface area contributed by atoms with E-state index in [2.05, 4.69) is 44.8 Å². The fraction of sp³-hybridized carbons (Fsp3) is 0.941. The molecular formula is C17H34N2O2. The van der Waals surface area contributed by atoms with Gasteiger partial charge in [-0.1, -0.05) is 27.7 Å². The van der Waals surface area contributed by atoms with E-state index in [1.54, 1.807) is 0 Å². The lowest BCUT2D eigenvalue weighted by Gasteiger charge is -2.41. The summed E-state index contributed by atoms with van der Waals surface area (Å²) in [6, 6.07) is 0.698. The van der Waals surface area contributed by atoms with Gasteiger partial charge in [0.2, 0.25) is 0 Å². The van der Waals surface area contributed by atoms with Crippen molar-refractivity contribution >= 4 is 5.97 Å². The second kappa shape index (κ2) is 8.74. The second-order valence-electron chi connectivity index (χ2n) is 6.97. The molecule has 0 aromatic rings. The fourth-order valence-corrected chi connectivity index (χ4v) is 3.34. The summed E-state index contributed by atoms with van der Waals surface area (Å²) in [5.74, 6) is 1.36. The van der Waals surface area contributed by atoms with Crippen LogP contribution in [0.25, 0.3) is 0 Å². The van der Waals surface area contributed by atoms with Crippen molar-refractivity contribution < 1.29 is 9.53 Å². The normalized spacial score (nSPS) is 28.6. The van der Waals surface area contributed by atoms with Crippen molar-refractivity contribution in [1.29, 1.82) is 0 Å². The number of likely N-dealkylation sites (tertiary alicyclic amines) is 1. The Morgan fingerprint density at radius 1 is 1.33 bits per heavy atom. The fourth-order valence-electron chi connectivity index (χ4n) is 3.34. The molecule has 0 bridgehead atoms. The van der Waals surface area contributed by atoms with E-state index >= 15 is 0 Å². The molecule has 4 heteroatoms. The van der Waals surface area contributed by atoms with Gasteiger partial charge in [0.25, 0.3) is 0 Å². The number of hydrogen-bond acceptors (Lipinski definition) is 4. The predicted octanol–water partition coefficient (Wildman–Crippen LogP) is 2.67. The highest BCUT2D eigenvalue weighted by atomic mass is 16.5. The Bertz CT molecular complexity index is 320. The summed E-state index contributed by atoms with van der Waals surface area (Å²) < 4.78 is 5.19. The third kappa shape index (κ3) is 5.95. The zero-order valence-electron chi connectivity index (χ0n) is 14.7. The number of ether oxygens (including phenoxy) is 1. The summed E-state index contributed by atoms with van der Waals surface area (Å²) >= 11 is 0. The van der Waals surface area contributed by atoms with Gasteiger partial charge in [0.1, 0.15) is 6.04 Å². The van der Waals surface area contributed by atoms with E-state index in [1.807, 2.05) is 6.92 Å². The Balaban J connectivity index is 2.56. The Hall–Kier alpha value is -0.610. The second-order valence-corrected chi connectivity index (χ2v) is 6.97. The number of nitrogens with zero attached hydrogens (tertiary/aromatic N) is 1. The summed E-state index contributed by atoms with van der Waals surface area (Å²) in [7, 11) is 0. The molecule has 1 rings (SSSR count). The van der Waals surface area contributed by atoms with Crippen LogP contribution < -0.4 is 5.32 Å². The molecule has 0 saturated carbocycles. The molecule has 1 fully saturated rings. The van der Waals surface area contributed by atoms with E-state index in [0.29, 0.717) is 12.6 Å². The average Bonchev–Trinajstić information content (AvgIpc) is 2.39. The average molecular weight is 298 g/mol. The number of piperidine rings is 1. The molecule has 0 radical (unpaired) electrons. The van der Waals surface area contributed by atoms with Gasteiger partial charge in [-0.2, -0.15) is 0 Å². The molecule has 0 aliphatic carbocycles. The summed E-state index contributed by atoms with van der Waals surface area (Å²) in [5.41, 5.74) is 0. The molecule has 4 atom stereocenters. The van der Waals surface area contributed by atoms with Crippen molar-refractivity contribution in [2.75, 3.05) is 19.7 Å². The molecular weight excluding hydrogens is 264 g/mol. The molecule has 4 unspecified atom stereocenters. The molecule has 1 aliphatic heterocycles. The predicted molar refractivity (Wildman–Crippen MR) is 87.3 cm³/mol. The number of esters is 1. The minimum absolute atomic E-state index is 0.114. The highest BCUT2D eigenvalue weighted by Gasteiger charge is 2.30. The molecule has 0 aromatic heterocycles. The minimum atomic E-state index is -0.190. The summed E-state index contributed by atoms with van der Waals surface area (Å²) in [6.07, 6.45) is 2.13. The van der Waals surface area contributed by atoms with Gasteiger partial charge >= 0.3 is 5.97 Å². The van der Waals surface area contributed by atoms with Crippen molar-refractivity contribution in [1.82, 2.24) is 10.2 Å². The molecule has 0 aromatic carbocycles. The van der Waals surface area contributed by atoms with E-state index in [9.17, 15) is 4.79 Å². The smallest absolute Gasteiger partial charge is 0.323 e. The van der Waals surface area contributed by atoms with Crippen molar-refractivity contribution in [2.24, 2.45) is 11.8 Å². The maximum atomic E-state index is 12.1. The highest BCUT2D eigenvalue weighted by Crippen LogP contribution is 2.27. The molecule has 0 spiro atoms. The maximum absolute atomic E-state index is 12.1. The molecule has 1 aliphatic rings. The zero-order valence-corrected chi connectivity index (χ0v) is 14.7. The van der Waals surface area contributed by atoms with Crippen molar-refractivity contribution in [2.45, 2.75) is 72.5 Å². The first-order chi connectivity index (χ1) is 9.85. The summed E-state index contributed by atoms with van der Waals surface area (Å²) in [6.45, 7) is 15.5. The summed E-state index contributed by atoms with van der Waals surface area (Å²) in [4.78, 5) is 14.6. The van der Waals surface area contributed by atoms with Crippen molar-refractivity contribution in [3.05, 3.63) is 0 Å².